The second-order valence-electron chi connectivity index (χ2n) is 3.54. The van der Waals surface area contributed by atoms with E-state index in [0.717, 1.165) is 6.42 Å². The van der Waals surface area contributed by atoms with Crippen LogP contribution in [0.2, 0.25) is 0 Å². The van der Waals surface area contributed by atoms with E-state index in [9.17, 15) is 0 Å². The van der Waals surface area contributed by atoms with Crippen LogP contribution in [0.25, 0.3) is 0 Å². The fourth-order valence-electron chi connectivity index (χ4n) is 0.902. The van der Waals surface area contributed by atoms with Gasteiger partial charge < -0.3 is 0 Å². The maximum Gasteiger partial charge on any atom is 0.0870 e. The third-order valence-corrected chi connectivity index (χ3v) is 1.66. The molecule has 0 radical (unpaired) electrons. The van der Waals surface area contributed by atoms with Crippen molar-refractivity contribution in [2.75, 3.05) is 6.61 Å². The van der Waals surface area contributed by atoms with Gasteiger partial charge in [0.2, 0.25) is 0 Å². The number of rotatable bonds is 5. The molecule has 0 aliphatic rings. The molecule has 0 aromatic heterocycles. The van der Waals surface area contributed by atoms with Crippen molar-refractivity contribution in [2.45, 2.75) is 40.0 Å². The average molecular weight is 146 g/mol. The first-order valence-electron chi connectivity index (χ1n) is 3.89. The van der Waals surface area contributed by atoms with E-state index in [1.807, 2.05) is 0 Å². The van der Waals surface area contributed by atoms with Crippen LogP contribution in [0.3, 0.4) is 0 Å². The average Bonchev–Trinajstić information content (AvgIpc) is 1.84. The molecule has 2 nitrogen and oxygen atoms in total. The SMILES string of the molecule is CCCCC(C)(C)COO. The molecule has 0 aliphatic carbocycles. The van der Waals surface area contributed by atoms with Gasteiger partial charge in [0, 0.05) is 0 Å². The molecular weight excluding hydrogens is 128 g/mol. The van der Waals surface area contributed by atoms with Crippen molar-refractivity contribution in [3.05, 3.63) is 0 Å². The Kier molecular flexibility index (Phi) is 4.65. The Morgan fingerprint density at radius 1 is 1.40 bits per heavy atom. The van der Waals surface area contributed by atoms with E-state index in [-0.39, 0.29) is 5.41 Å². The molecule has 0 saturated carbocycles. The molecule has 0 bridgehead atoms. The zero-order chi connectivity index (χ0) is 8.04. The molecule has 62 valence electrons. The normalized spacial score (nSPS) is 12.0. The van der Waals surface area contributed by atoms with E-state index in [0.29, 0.717) is 6.61 Å². The lowest BCUT2D eigenvalue weighted by atomic mass is 9.88. The van der Waals surface area contributed by atoms with Gasteiger partial charge in [-0.25, -0.2) is 4.89 Å². The molecule has 0 aromatic rings. The lowest BCUT2D eigenvalue weighted by Crippen LogP contribution is -2.17. The van der Waals surface area contributed by atoms with Gasteiger partial charge in [-0.05, 0) is 11.8 Å². The summed E-state index contributed by atoms with van der Waals surface area (Å²) in [5.74, 6) is 0. The van der Waals surface area contributed by atoms with Gasteiger partial charge >= 0.3 is 0 Å². The van der Waals surface area contributed by atoms with Crippen LogP contribution in [-0.4, -0.2) is 11.9 Å². The lowest BCUT2D eigenvalue weighted by molar-refractivity contribution is -0.260. The van der Waals surface area contributed by atoms with Gasteiger partial charge in [0.25, 0.3) is 0 Å². The molecule has 0 atom stereocenters. The van der Waals surface area contributed by atoms with Crippen molar-refractivity contribution in [2.24, 2.45) is 5.41 Å². The molecule has 10 heavy (non-hydrogen) atoms. The van der Waals surface area contributed by atoms with Gasteiger partial charge in [-0.2, -0.15) is 0 Å². The Balaban J connectivity index is 3.42. The van der Waals surface area contributed by atoms with Crippen LogP contribution in [0.15, 0.2) is 0 Å². The predicted octanol–water partition coefficient (Wildman–Crippen LogP) is 2.69. The first-order chi connectivity index (χ1) is 4.62. The number of hydrogen-bond donors (Lipinski definition) is 1. The monoisotopic (exact) mass is 146 g/mol. The smallest absolute Gasteiger partial charge is 0.0870 e. The maximum atomic E-state index is 8.20. The van der Waals surface area contributed by atoms with Crippen LogP contribution >= 0.6 is 0 Å². The fourth-order valence-corrected chi connectivity index (χ4v) is 0.902. The summed E-state index contributed by atoms with van der Waals surface area (Å²) in [5, 5.41) is 8.20. The number of unbranched alkanes of at least 4 members (excludes halogenated alkanes) is 1. The van der Waals surface area contributed by atoms with Crippen molar-refractivity contribution in [1.29, 1.82) is 0 Å². The summed E-state index contributed by atoms with van der Waals surface area (Å²) in [7, 11) is 0. The van der Waals surface area contributed by atoms with E-state index in [1.165, 1.54) is 12.8 Å². The fraction of sp³-hybridized carbons (Fsp3) is 1.00. The quantitative estimate of drug-likeness (QED) is 0.477. The molecule has 0 rings (SSSR count). The highest BCUT2D eigenvalue weighted by atomic mass is 17.1. The Morgan fingerprint density at radius 3 is 2.40 bits per heavy atom. The molecule has 0 aliphatic heterocycles. The first-order valence-corrected chi connectivity index (χ1v) is 3.89. The van der Waals surface area contributed by atoms with Gasteiger partial charge in [0.1, 0.15) is 0 Å². The zero-order valence-corrected chi connectivity index (χ0v) is 7.18. The van der Waals surface area contributed by atoms with Crippen LogP contribution in [0.4, 0.5) is 0 Å². The Hall–Kier alpha value is -0.0800. The molecule has 0 heterocycles. The summed E-state index contributed by atoms with van der Waals surface area (Å²) in [5.41, 5.74) is 0.130. The highest BCUT2D eigenvalue weighted by molar-refractivity contribution is 4.66. The van der Waals surface area contributed by atoms with Crippen molar-refractivity contribution >= 4 is 0 Å². The minimum Gasteiger partial charge on any atom is -0.252 e. The van der Waals surface area contributed by atoms with Gasteiger partial charge in [0.05, 0.1) is 6.61 Å². The van der Waals surface area contributed by atoms with Gasteiger partial charge in [-0.1, -0.05) is 33.6 Å². The van der Waals surface area contributed by atoms with Crippen LogP contribution in [0.5, 0.6) is 0 Å². The maximum absolute atomic E-state index is 8.20. The van der Waals surface area contributed by atoms with Gasteiger partial charge in [-0.3, -0.25) is 5.26 Å². The summed E-state index contributed by atoms with van der Waals surface area (Å²) < 4.78 is 0. The summed E-state index contributed by atoms with van der Waals surface area (Å²) in [6.07, 6.45) is 3.52. The van der Waals surface area contributed by atoms with Crippen molar-refractivity contribution in [3.8, 4) is 0 Å². The topological polar surface area (TPSA) is 29.5 Å². The molecule has 0 unspecified atom stereocenters. The summed E-state index contributed by atoms with van der Waals surface area (Å²) in [4.78, 5) is 4.10. The highest BCUT2D eigenvalue weighted by Gasteiger charge is 2.16. The van der Waals surface area contributed by atoms with E-state index in [2.05, 4.69) is 25.7 Å². The van der Waals surface area contributed by atoms with Crippen LogP contribution in [0, 0.1) is 5.41 Å². The van der Waals surface area contributed by atoms with Crippen molar-refractivity contribution < 1.29 is 10.1 Å². The molecular formula is C8H18O2. The molecule has 0 amide bonds. The molecule has 0 saturated heterocycles. The first kappa shape index (κ1) is 9.92. The molecule has 2 heteroatoms. The minimum atomic E-state index is 0.130. The van der Waals surface area contributed by atoms with Gasteiger partial charge in [-0.15, -0.1) is 0 Å². The lowest BCUT2D eigenvalue weighted by Gasteiger charge is -2.21. The van der Waals surface area contributed by atoms with E-state index in [4.69, 9.17) is 5.26 Å². The predicted molar refractivity (Wildman–Crippen MR) is 41.9 cm³/mol. The standard InChI is InChI=1S/C8H18O2/c1-4-5-6-8(2,3)7-10-9/h9H,4-7H2,1-3H3. The molecule has 0 fully saturated rings. The second-order valence-corrected chi connectivity index (χ2v) is 3.54. The van der Waals surface area contributed by atoms with Crippen molar-refractivity contribution in [1.82, 2.24) is 0 Å². The van der Waals surface area contributed by atoms with Crippen LogP contribution in [-0.2, 0) is 4.89 Å². The molecule has 0 aromatic carbocycles. The van der Waals surface area contributed by atoms with Gasteiger partial charge in [0.15, 0.2) is 0 Å². The second kappa shape index (κ2) is 4.69. The van der Waals surface area contributed by atoms with E-state index >= 15 is 0 Å². The summed E-state index contributed by atoms with van der Waals surface area (Å²) in [6, 6.07) is 0. The largest absolute Gasteiger partial charge is 0.252 e. The highest BCUT2D eigenvalue weighted by Crippen LogP contribution is 2.22. The third-order valence-electron chi connectivity index (χ3n) is 1.66. The molecule has 0 spiro atoms. The zero-order valence-electron chi connectivity index (χ0n) is 7.18. The van der Waals surface area contributed by atoms with Crippen LogP contribution in [0.1, 0.15) is 40.0 Å². The van der Waals surface area contributed by atoms with Crippen LogP contribution < -0.4 is 0 Å². The van der Waals surface area contributed by atoms with Crippen molar-refractivity contribution in [3.63, 3.8) is 0 Å². The minimum absolute atomic E-state index is 0.130. The molecule has 1 N–H and O–H groups in total. The summed E-state index contributed by atoms with van der Waals surface area (Å²) >= 11 is 0. The summed E-state index contributed by atoms with van der Waals surface area (Å²) in [6.45, 7) is 6.79. The Labute approximate surface area is 63.1 Å². The Bertz CT molecular complexity index is 79.3. The Morgan fingerprint density at radius 2 is 2.00 bits per heavy atom. The van der Waals surface area contributed by atoms with E-state index in [1.54, 1.807) is 0 Å². The number of hydrogen-bond acceptors (Lipinski definition) is 2. The third kappa shape index (κ3) is 4.77. The van der Waals surface area contributed by atoms with E-state index < -0.39 is 0 Å².